The van der Waals surface area contributed by atoms with Crippen LogP contribution in [0.3, 0.4) is 0 Å². The zero-order chi connectivity index (χ0) is 18.8. The second-order valence-corrected chi connectivity index (χ2v) is 6.85. The van der Waals surface area contributed by atoms with Crippen LogP contribution in [-0.2, 0) is 0 Å². The Hall–Kier alpha value is -3.22. The zero-order valence-corrected chi connectivity index (χ0v) is 14.8. The van der Waals surface area contributed by atoms with Gasteiger partial charge < -0.3 is 5.32 Å². The van der Waals surface area contributed by atoms with Gasteiger partial charge in [0.15, 0.2) is 0 Å². The molecule has 1 aliphatic rings. The topological polar surface area (TPSA) is 90.1 Å². The van der Waals surface area contributed by atoms with Crippen molar-refractivity contribution in [1.82, 2.24) is 14.9 Å². The lowest BCUT2D eigenvalue weighted by Gasteiger charge is -2.23. The average Bonchev–Trinajstić information content (AvgIpc) is 3.08. The molecule has 138 valence electrons. The van der Waals surface area contributed by atoms with Gasteiger partial charge in [0.05, 0.1) is 16.0 Å². The minimum Gasteiger partial charge on any atom is -0.335 e. The number of hydrogen-bond donors (Lipinski definition) is 1. The molecule has 1 aromatic heterocycles. The Morgan fingerprint density at radius 2 is 1.78 bits per heavy atom. The van der Waals surface area contributed by atoms with Gasteiger partial charge >= 0.3 is 6.03 Å². The maximum absolute atomic E-state index is 13.1. The van der Waals surface area contributed by atoms with Crippen LogP contribution in [0, 0.1) is 10.1 Å². The Kier molecular flexibility index (Phi) is 4.58. The highest BCUT2D eigenvalue weighted by molar-refractivity contribution is 5.94. The first-order valence-electron chi connectivity index (χ1n) is 9.16. The van der Waals surface area contributed by atoms with Crippen molar-refractivity contribution in [2.24, 2.45) is 0 Å². The Morgan fingerprint density at radius 1 is 1.07 bits per heavy atom. The number of carbonyl (C=O) groups is 1. The van der Waals surface area contributed by atoms with E-state index >= 15 is 0 Å². The van der Waals surface area contributed by atoms with E-state index in [1.807, 2.05) is 24.3 Å². The molecular formula is C20H20N4O3. The quantitative estimate of drug-likeness (QED) is 0.547. The van der Waals surface area contributed by atoms with E-state index in [-0.39, 0.29) is 17.8 Å². The third kappa shape index (κ3) is 3.40. The van der Waals surface area contributed by atoms with Gasteiger partial charge in [-0.15, -0.1) is 0 Å². The highest BCUT2D eigenvalue weighted by Crippen LogP contribution is 2.27. The summed E-state index contributed by atoms with van der Waals surface area (Å²) in [7, 11) is 0. The molecule has 0 bridgehead atoms. The van der Waals surface area contributed by atoms with E-state index in [2.05, 4.69) is 10.3 Å². The van der Waals surface area contributed by atoms with E-state index in [1.165, 1.54) is 18.6 Å². The summed E-state index contributed by atoms with van der Waals surface area (Å²) in [5, 5.41) is 14.0. The van der Waals surface area contributed by atoms with Crippen molar-refractivity contribution in [1.29, 1.82) is 0 Å². The molecule has 1 aliphatic carbocycles. The van der Waals surface area contributed by atoms with E-state index in [4.69, 9.17) is 0 Å². The number of nitro benzene ring substituents is 1. The van der Waals surface area contributed by atoms with Crippen LogP contribution in [0.2, 0.25) is 0 Å². The number of aromatic nitrogens is 2. The number of imidazole rings is 1. The predicted octanol–water partition coefficient (Wildman–Crippen LogP) is 4.50. The van der Waals surface area contributed by atoms with Crippen molar-refractivity contribution in [3.8, 4) is 11.4 Å². The summed E-state index contributed by atoms with van der Waals surface area (Å²) in [6.07, 6.45) is 5.46. The van der Waals surface area contributed by atoms with Gasteiger partial charge in [-0.2, -0.15) is 0 Å². The second kappa shape index (κ2) is 7.19. The molecule has 0 spiro atoms. The molecule has 3 aromatic rings. The molecule has 1 N–H and O–H groups in total. The average molecular weight is 364 g/mol. The maximum Gasteiger partial charge on any atom is 0.328 e. The SMILES string of the molecule is O=C(NC1CCCCC1)n1c(-c2ccc([N+](=O)[O-])cc2)nc2ccccc21. The highest BCUT2D eigenvalue weighted by atomic mass is 16.6. The van der Waals surface area contributed by atoms with Crippen LogP contribution >= 0.6 is 0 Å². The Morgan fingerprint density at radius 3 is 2.48 bits per heavy atom. The van der Waals surface area contributed by atoms with Crippen LogP contribution in [0.25, 0.3) is 22.4 Å². The molecule has 2 aromatic carbocycles. The summed E-state index contributed by atoms with van der Waals surface area (Å²) >= 11 is 0. The first-order valence-corrected chi connectivity index (χ1v) is 9.16. The first kappa shape index (κ1) is 17.2. The molecule has 7 heteroatoms. The molecular weight excluding hydrogens is 344 g/mol. The number of nitrogens with one attached hydrogen (secondary N) is 1. The third-order valence-corrected chi connectivity index (χ3v) is 5.03. The molecule has 1 saturated carbocycles. The molecule has 0 unspecified atom stereocenters. The Balaban J connectivity index is 1.74. The molecule has 27 heavy (non-hydrogen) atoms. The fourth-order valence-electron chi connectivity index (χ4n) is 3.64. The largest absolute Gasteiger partial charge is 0.335 e. The molecule has 4 rings (SSSR count). The fourth-order valence-corrected chi connectivity index (χ4v) is 3.64. The molecule has 7 nitrogen and oxygen atoms in total. The Labute approximate surface area is 156 Å². The lowest BCUT2D eigenvalue weighted by Crippen LogP contribution is -2.39. The highest BCUT2D eigenvalue weighted by Gasteiger charge is 2.22. The molecule has 1 heterocycles. The lowest BCUT2D eigenvalue weighted by atomic mass is 9.96. The van der Waals surface area contributed by atoms with Gasteiger partial charge in [-0.25, -0.2) is 14.3 Å². The van der Waals surface area contributed by atoms with Gasteiger partial charge in [0.1, 0.15) is 5.82 Å². The molecule has 0 radical (unpaired) electrons. The van der Waals surface area contributed by atoms with Gasteiger partial charge in [0, 0.05) is 23.7 Å². The number of carbonyl (C=O) groups excluding carboxylic acids is 1. The van der Waals surface area contributed by atoms with E-state index in [1.54, 1.807) is 16.7 Å². The summed E-state index contributed by atoms with van der Waals surface area (Å²) in [5.74, 6) is 0.486. The monoisotopic (exact) mass is 364 g/mol. The van der Waals surface area contributed by atoms with Crippen molar-refractivity contribution in [2.75, 3.05) is 0 Å². The predicted molar refractivity (Wildman–Crippen MR) is 103 cm³/mol. The summed E-state index contributed by atoms with van der Waals surface area (Å²) in [4.78, 5) is 28.1. The van der Waals surface area contributed by atoms with Crippen molar-refractivity contribution in [3.63, 3.8) is 0 Å². The molecule has 1 fully saturated rings. The minimum atomic E-state index is -0.442. The number of fused-ring (bicyclic) bond motifs is 1. The maximum atomic E-state index is 13.1. The normalized spacial score (nSPS) is 15.0. The third-order valence-electron chi connectivity index (χ3n) is 5.03. The summed E-state index contributed by atoms with van der Waals surface area (Å²) in [6.45, 7) is 0. The summed E-state index contributed by atoms with van der Waals surface area (Å²) < 4.78 is 1.57. The Bertz CT molecular complexity index is 988. The van der Waals surface area contributed by atoms with Crippen molar-refractivity contribution < 1.29 is 9.72 Å². The van der Waals surface area contributed by atoms with Gasteiger partial charge in [-0.1, -0.05) is 31.4 Å². The van der Waals surface area contributed by atoms with Crippen LogP contribution in [0.15, 0.2) is 48.5 Å². The number of benzene rings is 2. The molecule has 0 aliphatic heterocycles. The number of hydrogen-bond acceptors (Lipinski definition) is 4. The minimum absolute atomic E-state index is 0.00747. The van der Waals surface area contributed by atoms with E-state index in [0.717, 1.165) is 31.2 Å². The van der Waals surface area contributed by atoms with Crippen LogP contribution in [0.4, 0.5) is 10.5 Å². The first-order chi connectivity index (χ1) is 13.1. The summed E-state index contributed by atoms with van der Waals surface area (Å²) in [5.41, 5.74) is 2.10. The summed E-state index contributed by atoms with van der Waals surface area (Å²) in [6, 6.07) is 13.5. The lowest BCUT2D eigenvalue weighted by molar-refractivity contribution is -0.384. The van der Waals surface area contributed by atoms with Crippen molar-refractivity contribution in [2.45, 2.75) is 38.1 Å². The van der Waals surface area contributed by atoms with Crippen LogP contribution in [0.1, 0.15) is 32.1 Å². The number of amides is 1. The fraction of sp³-hybridized carbons (Fsp3) is 0.300. The smallest absolute Gasteiger partial charge is 0.328 e. The van der Waals surface area contributed by atoms with E-state index in [9.17, 15) is 14.9 Å². The number of para-hydroxylation sites is 2. The van der Waals surface area contributed by atoms with Gasteiger partial charge in [-0.3, -0.25) is 10.1 Å². The van der Waals surface area contributed by atoms with Crippen molar-refractivity contribution in [3.05, 3.63) is 58.6 Å². The molecule has 0 atom stereocenters. The van der Waals surface area contributed by atoms with Gasteiger partial charge in [0.2, 0.25) is 0 Å². The standard InChI is InChI=1S/C20H20N4O3/c25-20(21-15-6-2-1-3-7-15)23-18-9-5-4-8-17(18)22-19(23)14-10-12-16(13-11-14)24(26)27/h4-5,8-13,15H,1-3,6-7H2,(H,21,25). The van der Waals surface area contributed by atoms with Gasteiger partial charge in [0.25, 0.3) is 5.69 Å². The van der Waals surface area contributed by atoms with E-state index < -0.39 is 4.92 Å². The zero-order valence-electron chi connectivity index (χ0n) is 14.8. The number of nitro groups is 1. The number of nitrogens with zero attached hydrogens (tertiary/aromatic N) is 3. The molecule has 1 amide bonds. The van der Waals surface area contributed by atoms with Crippen LogP contribution in [0.5, 0.6) is 0 Å². The van der Waals surface area contributed by atoms with Gasteiger partial charge in [-0.05, 0) is 37.1 Å². The van der Waals surface area contributed by atoms with E-state index in [0.29, 0.717) is 16.9 Å². The number of non-ortho nitro benzene ring substituents is 1. The second-order valence-electron chi connectivity index (χ2n) is 6.85. The van der Waals surface area contributed by atoms with Crippen molar-refractivity contribution >= 4 is 22.8 Å². The van der Waals surface area contributed by atoms with Crippen LogP contribution < -0.4 is 5.32 Å². The molecule has 0 saturated heterocycles. The number of rotatable bonds is 3. The van der Waals surface area contributed by atoms with Crippen LogP contribution in [-0.4, -0.2) is 26.5 Å².